The van der Waals surface area contributed by atoms with Crippen LogP contribution < -0.4 is 10.6 Å². The van der Waals surface area contributed by atoms with Gasteiger partial charge in [0.15, 0.2) is 0 Å². The monoisotopic (exact) mass is 388 g/mol. The Bertz CT molecular complexity index is 740. The van der Waals surface area contributed by atoms with Crippen LogP contribution in [0.25, 0.3) is 0 Å². The molecule has 1 saturated carbocycles. The molecule has 1 aliphatic heterocycles. The molecule has 1 saturated heterocycles. The SMILES string of the molecule is Cl.Cn1cc([C@H]2CNC[C@@H]2C(=O)NC2CCC(c3ccccc3)CC2)cn1. The fourth-order valence-electron chi connectivity index (χ4n) is 4.54. The molecule has 2 N–H and O–H groups in total. The molecule has 2 aliphatic rings. The molecule has 0 radical (unpaired) electrons. The average Bonchev–Trinajstić information content (AvgIpc) is 3.32. The van der Waals surface area contributed by atoms with E-state index in [1.54, 1.807) is 0 Å². The summed E-state index contributed by atoms with van der Waals surface area (Å²) < 4.78 is 1.81. The average molecular weight is 389 g/mol. The number of aryl methyl sites for hydroxylation is 1. The first kappa shape index (κ1) is 19.9. The van der Waals surface area contributed by atoms with E-state index in [1.807, 2.05) is 24.1 Å². The van der Waals surface area contributed by atoms with Crippen LogP contribution in [0.15, 0.2) is 42.7 Å². The second-order valence-electron chi connectivity index (χ2n) is 7.79. The van der Waals surface area contributed by atoms with E-state index in [4.69, 9.17) is 0 Å². The first-order valence-electron chi connectivity index (χ1n) is 9.75. The molecule has 1 aliphatic carbocycles. The van der Waals surface area contributed by atoms with Gasteiger partial charge >= 0.3 is 0 Å². The Labute approximate surface area is 167 Å². The molecule has 2 heterocycles. The second kappa shape index (κ2) is 8.89. The lowest BCUT2D eigenvalue weighted by atomic mass is 9.81. The molecule has 146 valence electrons. The number of carbonyl (C=O) groups is 1. The van der Waals surface area contributed by atoms with Crippen molar-refractivity contribution >= 4 is 18.3 Å². The second-order valence-corrected chi connectivity index (χ2v) is 7.79. The van der Waals surface area contributed by atoms with E-state index in [-0.39, 0.29) is 30.2 Å². The van der Waals surface area contributed by atoms with Crippen molar-refractivity contribution in [2.75, 3.05) is 13.1 Å². The predicted molar refractivity (Wildman–Crippen MR) is 109 cm³/mol. The molecular formula is C21H29ClN4O. The van der Waals surface area contributed by atoms with E-state index >= 15 is 0 Å². The summed E-state index contributed by atoms with van der Waals surface area (Å²) in [4.78, 5) is 12.9. The fraction of sp³-hybridized carbons (Fsp3) is 0.524. The minimum absolute atomic E-state index is 0. The highest BCUT2D eigenvalue weighted by Gasteiger charge is 2.36. The fourth-order valence-corrected chi connectivity index (χ4v) is 4.54. The van der Waals surface area contributed by atoms with Crippen LogP contribution in [0, 0.1) is 5.92 Å². The lowest BCUT2D eigenvalue weighted by Crippen LogP contribution is -2.42. The van der Waals surface area contributed by atoms with Crippen LogP contribution in [0.1, 0.15) is 48.6 Å². The third-order valence-electron chi connectivity index (χ3n) is 6.05. The minimum Gasteiger partial charge on any atom is -0.353 e. The molecule has 2 atom stereocenters. The number of halogens is 1. The van der Waals surface area contributed by atoms with Crippen molar-refractivity contribution in [2.45, 2.75) is 43.6 Å². The van der Waals surface area contributed by atoms with E-state index in [2.05, 4.69) is 46.1 Å². The number of hydrogen-bond acceptors (Lipinski definition) is 3. The van der Waals surface area contributed by atoms with Gasteiger partial charge in [0, 0.05) is 38.3 Å². The Morgan fingerprint density at radius 1 is 1.11 bits per heavy atom. The summed E-state index contributed by atoms with van der Waals surface area (Å²) in [6.07, 6.45) is 8.38. The zero-order chi connectivity index (χ0) is 17.9. The van der Waals surface area contributed by atoms with Crippen molar-refractivity contribution in [1.82, 2.24) is 20.4 Å². The zero-order valence-corrected chi connectivity index (χ0v) is 16.6. The number of hydrogen-bond donors (Lipinski definition) is 2. The third-order valence-corrected chi connectivity index (χ3v) is 6.05. The Morgan fingerprint density at radius 3 is 2.52 bits per heavy atom. The molecule has 2 fully saturated rings. The Hall–Kier alpha value is -1.85. The molecule has 0 bridgehead atoms. The van der Waals surface area contributed by atoms with Gasteiger partial charge in [-0.05, 0) is 42.7 Å². The predicted octanol–water partition coefficient (Wildman–Crippen LogP) is 2.99. The van der Waals surface area contributed by atoms with Gasteiger partial charge in [-0.2, -0.15) is 5.10 Å². The molecule has 4 rings (SSSR count). The number of nitrogens with one attached hydrogen (secondary N) is 2. The van der Waals surface area contributed by atoms with Gasteiger partial charge in [-0.15, -0.1) is 12.4 Å². The number of benzene rings is 1. The number of nitrogens with zero attached hydrogens (tertiary/aromatic N) is 2. The van der Waals surface area contributed by atoms with Gasteiger partial charge in [0.2, 0.25) is 5.91 Å². The normalized spacial score (nSPS) is 27.7. The number of amides is 1. The highest BCUT2D eigenvalue weighted by atomic mass is 35.5. The van der Waals surface area contributed by atoms with Gasteiger partial charge in [-0.25, -0.2) is 0 Å². The number of aromatic nitrogens is 2. The molecule has 0 unspecified atom stereocenters. The van der Waals surface area contributed by atoms with Crippen LogP contribution in [0.4, 0.5) is 0 Å². The summed E-state index contributed by atoms with van der Waals surface area (Å²) in [6.45, 7) is 1.61. The van der Waals surface area contributed by atoms with Gasteiger partial charge in [0.1, 0.15) is 0 Å². The van der Waals surface area contributed by atoms with Crippen molar-refractivity contribution in [3.05, 3.63) is 53.9 Å². The maximum atomic E-state index is 12.9. The first-order chi connectivity index (χ1) is 12.7. The van der Waals surface area contributed by atoms with Crippen molar-refractivity contribution in [1.29, 1.82) is 0 Å². The van der Waals surface area contributed by atoms with Crippen LogP contribution in [-0.2, 0) is 11.8 Å². The van der Waals surface area contributed by atoms with Crippen molar-refractivity contribution in [3.8, 4) is 0 Å². The highest BCUT2D eigenvalue weighted by Crippen LogP contribution is 2.33. The maximum absolute atomic E-state index is 12.9. The third kappa shape index (κ3) is 4.53. The molecule has 5 nitrogen and oxygen atoms in total. The molecule has 2 aromatic rings. The zero-order valence-electron chi connectivity index (χ0n) is 15.8. The summed E-state index contributed by atoms with van der Waals surface area (Å²) in [5.74, 6) is 1.07. The van der Waals surface area contributed by atoms with E-state index in [9.17, 15) is 4.79 Å². The number of carbonyl (C=O) groups excluding carboxylic acids is 1. The van der Waals surface area contributed by atoms with Gasteiger partial charge in [0.05, 0.1) is 12.1 Å². The standard InChI is InChI=1S/C21H28N4O.ClH/c1-25-14-17(11-23-25)19-12-22-13-20(19)21(26)24-18-9-7-16(8-10-18)15-5-3-2-4-6-15;/h2-6,11,14,16,18-20,22H,7-10,12-13H2,1H3,(H,24,26);1H/t16?,18?,19-,20+;/m1./s1. The lowest BCUT2D eigenvalue weighted by Gasteiger charge is -2.30. The molecule has 6 heteroatoms. The van der Waals surface area contributed by atoms with Gasteiger partial charge in [-0.1, -0.05) is 30.3 Å². The Balaban J connectivity index is 0.00000210. The lowest BCUT2D eigenvalue weighted by molar-refractivity contribution is -0.125. The smallest absolute Gasteiger partial charge is 0.225 e. The molecule has 27 heavy (non-hydrogen) atoms. The topological polar surface area (TPSA) is 59.0 Å². The van der Waals surface area contributed by atoms with E-state index in [0.29, 0.717) is 12.0 Å². The Morgan fingerprint density at radius 2 is 1.85 bits per heavy atom. The van der Waals surface area contributed by atoms with Crippen LogP contribution >= 0.6 is 12.4 Å². The van der Waals surface area contributed by atoms with Gasteiger partial charge in [0.25, 0.3) is 0 Å². The summed E-state index contributed by atoms with van der Waals surface area (Å²) in [6, 6.07) is 11.1. The molecular weight excluding hydrogens is 360 g/mol. The summed E-state index contributed by atoms with van der Waals surface area (Å²) in [5.41, 5.74) is 2.60. The van der Waals surface area contributed by atoms with Crippen LogP contribution in [-0.4, -0.2) is 34.8 Å². The number of rotatable bonds is 4. The molecule has 0 spiro atoms. The summed E-state index contributed by atoms with van der Waals surface area (Å²) >= 11 is 0. The summed E-state index contributed by atoms with van der Waals surface area (Å²) in [5, 5.41) is 11.0. The minimum atomic E-state index is 0. The summed E-state index contributed by atoms with van der Waals surface area (Å²) in [7, 11) is 1.92. The quantitative estimate of drug-likeness (QED) is 0.846. The van der Waals surface area contributed by atoms with Gasteiger partial charge in [-0.3, -0.25) is 9.48 Å². The van der Waals surface area contributed by atoms with Crippen LogP contribution in [0.2, 0.25) is 0 Å². The van der Waals surface area contributed by atoms with E-state index in [0.717, 1.165) is 44.3 Å². The Kier molecular flexibility index (Phi) is 6.55. The largest absolute Gasteiger partial charge is 0.353 e. The van der Waals surface area contributed by atoms with Crippen molar-refractivity contribution in [2.24, 2.45) is 13.0 Å². The first-order valence-corrected chi connectivity index (χ1v) is 9.75. The van der Waals surface area contributed by atoms with Gasteiger partial charge < -0.3 is 10.6 Å². The van der Waals surface area contributed by atoms with E-state index < -0.39 is 0 Å². The van der Waals surface area contributed by atoms with Crippen LogP contribution in [0.3, 0.4) is 0 Å². The van der Waals surface area contributed by atoms with Crippen molar-refractivity contribution in [3.63, 3.8) is 0 Å². The van der Waals surface area contributed by atoms with Crippen LogP contribution in [0.5, 0.6) is 0 Å². The van der Waals surface area contributed by atoms with Crippen molar-refractivity contribution < 1.29 is 4.79 Å². The molecule has 1 amide bonds. The van der Waals surface area contributed by atoms with E-state index in [1.165, 1.54) is 5.56 Å². The molecule has 1 aromatic heterocycles. The highest BCUT2D eigenvalue weighted by molar-refractivity contribution is 5.85. The molecule has 1 aromatic carbocycles. The maximum Gasteiger partial charge on any atom is 0.225 e.